The molecular formula is C19H23NO8S. The molecule has 1 fully saturated rings. The minimum atomic E-state index is -3.74. The normalized spacial score (nSPS) is 27.7. The number of aliphatic hydroxyl groups excluding tert-OH is 4. The van der Waals surface area contributed by atoms with Crippen LogP contribution in [0.4, 0.5) is 0 Å². The average Bonchev–Trinajstić information content (AvgIpc) is 2.71. The Kier molecular flexibility index (Phi) is 6.66. The van der Waals surface area contributed by atoms with Gasteiger partial charge < -0.3 is 29.9 Å². The van der Waals surface area contributed by atoms with Crippen molar-refractivity contribution in [2.75, 3.05) is 6.61 Å². The summed E-state index contributed by atoms with van der Waals surface area (Å²) >= 11 is 0. The van der Waals surface area contributed by atoms with Gasteiger partial charge in [-0.05, 0) is 28.8 Å². The molecule has 1 saturated heterocycles. The van der Waals surface area contributed by atoms with Crippen LogP contribution in [-0.2, 0) is 26.1 Å². The van der Waals surface area contributed by atoms with E-state index in [0.717, 1.165) is 16.7 Å². The lowest BCUT2D eigenvalue weighted by atomic mass is 9.99. The second-order valence-electron chi connectivity index (χ2n) is 6.77. The van der Waals surface area contributed by atoms with E-state index in [0.29, 0.717) is 0 Å². The van der Waals surface area contributed by atoms with Crippen molar-refractivity contribution in [1.29, 1.82) is 0 Å². The topological polar surface area (TPSA) is 160 Å². The lowest BCUT2D eigenvalue weighted by Crippen LogP contribution is -2.59. The molecule has 2 aromatic rings. The van der Waals surface area contributed by atoms with E-state index in [1.54, 1.807) is 24.3 Å². The van der Waals surface area contributed by atoms with Gasteiger partial charge in [-0.1, -0.05) is 36.4 Å². The van der Waals surface area contributed by atoms with Gasteiger partial charge in [0.1, 0.15) is 24.4 Å². The Bertz CT molecular complexity index is 914. The Morgan fingerprint density at radius 1 is 0.897 bits per heavy atom. The van der Waals surface area contributed by atoms with Crippen LogP contribution in [0.2, 0.25) is 0 Å². The van der Waals surface area contributed by atoms with E-state index in [1.165, 1.54) is 12.1 Å². The number of nitrogens with two attached hydrogens (primary N) is 1. The number of aliphatic hydroxyl groups is 4. The maximum Gasteiger partial charge on any atom is 0.238 e. The Balaban J connectivity index is 1.63. The predicted octanol–water partition coefficient (Wildman–Crippen LogP) is -0.682. The maximum atomic E-state index is 11.3. The first-order valence-corrected chi connectivity index (χ1v) is 10.4. The van der Waals surface area contributed by atoms with Gasteiger partial charge in [0, 0.05) is 0 Å². The Morgan fingerprint density at radius 3 is 1.97 bits per heavy atom. The number of hydrogen-bond acceptors (Lipinski definition) is 8. The van der Waals surface area contributed by atoms with Crippen LogP contribution < -0.4 is 5.14 Å². The highest BCUT2D eigenvalue weighted by atomic mass is 32.2. The van der Waals surface area contributed by atoms with Gasteiger partial charge in [0.2, 0.25) is 10.0 Å². The van der Waals surface area contributed by atoms with E-state index >= 15 is 0 Å². The molecular weight excluding hydrogens is 402 g/mol. The first-order chi connectivity index (χ1) is 13.7. The zero-order chi connectivity index (χ0) is 21.2. The molecule has 158 valence electrons. The minimum absolute atomic E-state index is 0.0331. The van der Waals surface area contributed by atoms with E-state index in [2.05, 4.69) is 0 Å². The molecule has 5 atom stereocenters. The van der Waals surface area contributed by atoms with Crippen LogP contribution in [0.25, 0.3) is 11.1 Å². The van der Waals surface area contributed by atoms with Gasteiger partial charge in [0.05, 0.1) is 18.1 Å². The fourth-order valence-electron chi connectivity index (χ4n) is 3.01. The zero-order valence-electron chi connectivity index (χ0n) is 15.3. The fourth-order valence-corrected chi connectivity index (χ4v) is 3.53. The van der Waals surface area contributed by atoms with Crippen LogP contribution in [0.1, 0.15) is 5.56 Å². The number of primary sulfonamides is 1. The molecule has 3 rings (SSSR count). The quantitative estimate of drug-likeness (QED) is 0.407. The number of benzene rings is 2. The summed E-state index contributed by atoms with van der Waals surface area (Å²) in [5.74, 6) is 0. The Morgan fingerprint density at radius 2 is 1.45 bits per heavy atom. The van der Waals surface area contributed by atoms with Crippen molar-refractivity contribution in [2.24, 2.45) is 5.14 Å². The van der Waals surface area contributed by atoms with Crippen molar-refractivity contribution >= 4 is 10.0 Å². The minimum Gasteiger partial charge on any atom is -0.394 e. The van der Waals surface area contributed by atoms with Gasteiger partial charge >= 0.3 is 0 Å². The third-order valence-electron chi connectivity index (χ3n) is 4.73. The van der Waals surface area contributed by atoms with Gasteiger partial charge in [-0.15, -0.1) is 0 Å². The van der Waals surface area contributed by atoms with Crippen LogP contribution in [0.5, 0.6) is 0 Å². The van der Waals surface area contributed by atoms with Crippen molar-refractivity contribution in [3.63, 3.8) is 0 Å². The first-order valence-electron chi connectivity index (χ1n) is 8.85. The van der Waals surface area contributed by atoms with Crippen molar-refractivity contribution in [2.45, 2.75) is 42.2 Å². The molecule has 0 bridgehead atoms. The largest absolute Gasteiger partial charge is 0.394 e. The Labute approximate surface area is 168 Å². The van der Waals surface area contributed by atoms with Gasteiger partial charge in [-0.25, -0.2) is 13.6 Å². The molecule has 0 spiro atoms. The molecule has 0 aromatic heterocycles. The fraction of sp³-hybridized carbons (Fsp3) is 0.368. The summed E-state index contributed by atoms with van der Waals surface area (Å²) in [6.45, 7) is -0.461. The van der Waals surface area contributed by atoms with Crippen LogP contribution in [-0.4, -0.2) is 66.2 Å². The van der Waals surface area contributed by atoms with Crippen LogP contribution in [0, 0.1) is 0 Å². The standard InChI is InChI=1S/C19H23NO8S/c20-29(25,26)14-7-5-13(6-8-14)12-3-1-11(2-4-12)10-27-19-18(24)17(23)16(22)15(9-21)28-19/h1-8,15-19,21-24H,9-10H2,(H2,20,25,26)/t15-,16-,17+,18+,19-/m1/s1. The molecule has 1 aliphatic rings. The monoisotopic (exact) mass is 425 g/mol. The summed E-state index contributed by atoms with van der Waals surface area (Å²) in [7, 11) is -3.74. The van der Waals surface area contributed by atoms with Crippen molar-refractivity contribution in [1.82, 2.24) is 0 Å². The highest BCUT2D eigenvalue weighted by Gasteiger charge is 2.43. The van der Waals surface area contributed by atoms with E-state index in [-0.39, 0.29) is 11.5 Å². The summed E-state index contributed by atoms with van der Waals surface area (Å²) in [5, 5.41) is 43.8. The molecule has 10 heteroatoms. The lowest BCUT2D eigenvalue weighted by molar-refractivity contribution is -0.304. The van der Waals surface area contributed by atoms with E-state index in [1.807, 2.05) is 12.1 Å². The molecule has 29 heavy (non-hydrogen) atoms. The average molecular weight is 425 g/mol. The highest BCUT2D eigenvalue weighted by Crippen LogP contribution is 2.24. The molecule has 6 N–H and O–H groups in total. The summed E-state index contributed by atoms with van der Waals surface area (Å²) in [6, 6.07) is 13.4. The predicted molar refractivity (Wildman–Crippen MR) is 102 cm³/mol. The third-order valence-corrected chi connectivity index (χ3v) is 5.66. The SMILES string of the molecule is NS(=O)(=O)c1ccc(-c2ccc(CO[C@@H]3O[C@H](CO)[C@@H](O)[C@H](O)[C@@H]3O)cc2)cc1. The maximum absolute atomic E-state index is 11.3. The Hall–Kier alpha value is -1.89. The van der Waals surface area contributed by atoms with E-state index in [4.69, 9.17) is 14.6 Å². The zero-order valence-corrected chi connectivity index (χ0v) is 16.1. The molecule has 0 aliphatic carbocycles. The van der Waals surface area contributed by atoms with Crippen LogP contribution in [0.15, 0.2) is 53.4 Å². The smallest absolute Gasteiger partial charge is 0.238 e. The number of rotatable bonds is 6. The van der Waals surface area contributed by atoms with Gasteiger partial charge in [-0.2, -0.15) is 0 Å². The molecule has 9 nitrogen and oxygen atoms in total. The molecule has 1 aliphatic heterocycles. The first kappa shape index (κ1) is 21.8. The highest BCUT2D eigenvalue weighted by molar-refractivity contribution is 7.89. The summed E-state index contributed by atoms with van der Waals surface area (Å²) in [4.78, 5) is 0.0331. The second kappa shape index (κ2) is 8.86. The molecule has 1 heterocycles. The van der Waals surface area contributed by atoms with Gasteiger partial charge in [-0.3, -0.25) is 0 Å². The third kappa shape index (κ3) is 5.00. The van der Waals surface area contributed by atoms with Crippen molar-refractivity contribution < 1.29 is 38.3 Å². The van der Waals surface area contributed by atoms with Gasteiger partial charge in [0.15, 0.2) is 6.29 Å². The van der Waals surface area contributed by atoms with Crippen molar-refractivity contribution in [3.05, 3.63) is 54.1 Å². The van der Waals surface area contributed by atoms with E-state index in [9.17, 15) is 28.8 Å². The molecule has 2 aromatic carbocycles. The van der Waals surface area contributed by atoms with Crippen LogP contribution in [0.3, 0.4) is 0 Å². The number of sulfonamides is 1. The lowest BCUT2D eigenvalue weighted by Gasteiger charge is -2.39. The summed E-state index contributed by atoms with van der Waals surface area (Å²) < 4.78 is 33.4. The number of hydrogen-bond donors (Lipinski definition) is 5. The molecule has 0 unspecified atom stereocenters. The molecule has 0 saturated carbocycles. The van der Waals surface area contributed by atoms with Crippen LogP contribution >= 0.6 is 0 Å². The van der Waals surface area contributed by atoms with Crippen molar-refractivity contribution in [3.8, 4) is 11.1 Å². The van der Waals surface area contributed by atoms with E-state index < -0.39 is 47.3 Å². The van der Waals surface area contributed by atoms with Gasteiger partial charge in [0.25, 0.3) is 0 Å². The summed E-state index contributed by atoms with van der Waals surface area (Å²) in [6.07, 6.45) is -6.61. The summed E-state index contributed by atoms with van der Waals surface area (Å²) in [5.41, 5.74) is 2.41. The second-order valence-corrected chi connectivity index (χ2v) is 8.34. The molecule has 0 amide bonds. The number of ether oxygens (including phenoxy) is 2. The molecule has 0 radical (unpaired) electrons.